The second-order valence-corrected chi connectivity index (χ2v) is 6.04. The molecular formula is C16H16FNO2S. The molecule has 5 heteroatoms. The number of hydrogen-bond acceptors (Lipinski definition) is 2. The van der Waals surface area contributed by atoms with Gasteiger partial charge in [0, 0.05) is 34.1 Å². The van der Waals surface area contributed by atoms with E-state index < -0.39 is 10.8 Å². The zero-order valence-electron chi connectivity index (χ0n) is 11.6. The summed E-state index contributed by atoms with van der Waals surface area (Å²) in [7, 11) is -1.08. The highest BCUT2D eigenvalue weighted by molar-refractivity contribution is 7.84. The Balaban J connectivity index is 1.91. The van der Waals surface area contributed by atoms with E-state index >= 15 is 0 Å². The van der Waals surface area contributed by atoms with Crippen molar-refractivity contribution in [1.82, 2.24) is 0 Å². The Bertz CT molecular complexity index is 656. The lowest BCUT2D eigenvalue weighted by Gasteiger charge is -2.06. The van der Waals surface area contributed by atoms with Gasteiger partial charge in [0.15, 0.2) is 0 Å². The van der Waals surface area contributed by atoms with Crippen LogP contribution in [0.5, 0.6) is 0 Å². The van der Waals surface area contributed by atoms with E-state index in [1.807, 2.05) is 0 Å². The van der Waals surface area contributed by atoms with Crippen molar-refractivity contribution in [2.75, 3.05) is 11.6 Å². The Kier molecular flexibility index (Phi) is 5.22. The molecule has 0 unspecified atom stereocenters. The summed E-state index contributed by atoms with van der Waals surface area (Å²) >= 11 is 0. The van der Waals surface area contributed by atoms with E-state index in [0.29, 0.717) is 23.4 Å². The molecule has 2 aromatic carbocycles. The molecule has 1 amide bonds. The minimum Gasteiger partial charge on any atom is -0.326 e. The van der Waals surface area contributed by atoms with Gasteiger partial charge in [-0.3, -0.25) is 9.00 Å². The zero-order chi connectivity index (χ0) is 15.2. The Labute approximate surface area is 125 Å². The topological polar surface area (TPSA) is 46.2 Å². The fourth-order valence-corrected chi connectivity index (χ4v) is 2.45. The number of benzene rings is 2. The van der Waals surface area contributed by atoms with Crippen molar-refractivity contribution < 1.29 is 13.4 Å². The summed E-state index contributed by atoms with van der Waals surface area (Å²) in [6, 6.07) is 13.1. The SMILES string of the molecule is C[S@](=O)c1cccc(NC(=O)CCc2ccc(F)cc2)c1. The van der Waals surface area contributed by atoms with Gasteiger partial charge in [-0.15, -0.1) is 0 Å². The van der Waals surface area contributed by atoms with Gasteiger partial charge in [-0.05, 0) is 42.3 Å². The van der Waals surface area contributed by atoms with E-state index in [1.54, 1.807) is 42.7 Å². The number of aryl methyl sites for hydroxylation is 1. The van der Waals surface area contributed by atoms with Gasteiger partial charge in [0.05, 0.1) is 0 Å². The highest BCUT2D eigenvalue weighted by Gasteiger charge is 2.05. The minimum absolute atomic E-state index is 0.127. The predicted molar refractivity (Wildman–Crippen MR) is 82.1 cm³/mol. The summed E-state index contributed by atoms with van der Waals surface area (Å²) in [6.45, 7) is 0. The third-order valence-electron chi connectivity index (χ3n) is 3.00. The molecule has 0 saturated heterocycles. The van der Waals surface area contributed by atoms with Crippen LogP contribution in [0.15, 0.2) is 53.4 Å². The number of anilines is 1. The molecule has 0 fully saturated rings. The monoisotopic (exact) mass is 305 g/mol. The average molecular weight is 305 g/mol. The summed E-state index contributed by atoms with van der Waals surface area (Å²) in [5.41, 5.74) is 1.54. The maximum Gasteiger partial charge on any atom is 0.224 e. The zero-order valence-corrected chi connectivity index (χ0v) is 12.5. The average Bonchev–Trinajstić information content (AvgIpc) is 2.47. The summed E-state index contributed by atoms with van der Waals surface area (Å²) in [6.07, 6.45) is 2.45. The molecule has 21 heavy (non-hydrogen) atoms. The van der Waals surface area contributed by atoms with Crippen molar-refractivity contribution in [3.05, 3.63) is 59.9 Å². The van der Waals surface area contributed by atoms with Crippen molar-refractivity contribution in [2.24, 2.45) is 0 Å². The lowest BCUT2D eigenvalue weighted by atomic mass is 10.1. The highest BCUT2D eigenvalue weighted by atomic mass is 32.2. The quantitative estimate of drug-likeness (QED) is 0.922. The molecule has 1 N–H and O–H groups in total. The number of amides is 1. The number of rotatable bonds is 5. The maximum atomic E-state index is 12.8. The van der Waals surface area contributed by atoms with E-state index in [-0.39, 0.29) is 11.7 Å². The van der Waals surface area contributed by atoms with Crippen LogP contribution in [0.1, 0.15) is 12.0 Å². The van der Waals surface area contributed by atoms with Crippen LogP contribution in [0.4, 0.5) is 10.1 Å². The van der Waals surface area contributed by atoms with Gasteiger partial charge >= 0.3 is 0 Å². The van der Waals surface area contributed by atoms with Gasteiger partial charge in [-0.2, -0.15) is 0 Å². The van der Waals surface area contributed by atoms with E-state index in [0.717, 1.165) is 5.56 Å². The third-order valence-corrected chi connectivity index (χ3v) is 3.92. The van der Waals surface area contributed by atoms with Gasteiger partial charge in [0.2, 0.25) is 5.91 Å². The first-order valence-electron chi connectivity index (χ1n) is 6.52. The minimum atomic E-state index is -1.08. The van der Waals surface area contributed by atoms with E-state index in [2.05, 4.69) is 5.32 Å². The number of carbonyl (C=O) groups excluding carboxylic acids is 1. The lowest BCUT2D eigenvalue weighted by molar-refractivity contribution is -0.116. The number of carbonyl (C=O) groups is 1. The molecule has 0 aliphatic carbocycles. The Morgan fingerprint density at radius 2 is 1.90 bits per heavy atom. The molecule has 1 atom stereocenters. The normalized spacial score (nSPS) is 11.9. The maximum absolute atomic E-state index is 12.8. The van der Waals surface area contributed by atoms with E-state index in [4.69, 9.17) is 0 Å². The van der Waals surface area contributed by atoms with Crippen molar-refractivity contribution in [2.45, 2.75) is 17.7 Å². The first-order valence-corrected chi connectivity index (χ1v) is 8.08. The number of nitrogens with one attached hydrogen (secondary N) is 1. The second-order valence-electron chi connectivity index (χ2n) is 4.66. The van der Waals surface area contributed by atoms with Gasteiger partial charge in [0.1, 0.15) is 5.82 Å². The fraction of sp³-hybridized carbons (Fsp3) is 0.188. The van der Waals surface area contributed by atoms with Crippen molar-refractivity contribution in [1.29, 1.82) is 0 Å². The highest BCUT2D eigenvalue weighted by Crippen LogP contribution is 2.14. The van der Waals surface area contributed by atoms with Crippen LogP contribution in [-0.4, -0.2) is 16.4 Å². The summed E-state index contributed by atoms with van der Waals surface area (Å²) in [4.78, 5) is 12.5. The lowest BCUT2D eigenvalue weighted by Crippen LogP contribution is -2.12. The molecule has 0 heterocycles. The molecule has 2 aromatic rings. The van der Waals surface area contributed by atoms with Gasteiger partial charge in [0.25, 0.3) is 0 Å². The smallest absolute Gasteiger partial charge is 0.224 e. The molecule has 0 bridgehead atoms. The van der Waals surface area contributed by atoms with Gasteiger partial charge < -0.3 is 5.32 Å². The first-order chi connectivity index (χ1) is 10.0. The Morgan fingerprint density at radius 1 is 1.19 bits per heavy atom. The van der Waals surface area contributed by atoms with Crippen LogP contribution in [0.3, 0.4) is 0 Å². The van der Waals surface area contributed by atoms with Crippen molar-refractivity contribution in [3.8, 4) is 0 Å². The summed E-state index contributed by atoms with van der Waals surface area (Å²) in [5, 5.41) is 2.77. The molecule has 2 rings (SSSR count). The van der Waals surface area contributed by atoms with Crippen LogP contribution >= 0.6 is 0 Å². The first kappa shape index (κ1) is 15.4. The van der Waals surface area contributed by atoms with Gasteiger partial charge in [-0.1, -0.05) is 18.2 Å². The number of halogens is 1. The van der Waals surface area contributed by atoms with Crippen LogP contribution in [0, 0.1) is 5.82 Å². The summed E-state index contributed by atoms with van der Waals surface area (Å²) < 4.78 is 24.2. The Hall–Kier alpha value is -2.01. The third kappa shape index (κ3) is 4.79. The van der Waals surface area contributed by atoms with Crippen LogP contribution in [-0.2, 0) is 22.0 Å². The van der Waals surface area contributed by atoms with Crippen LogP contribution < -0.4 is 5.32 Å². The summed E-state index contributed by atoms with van der Waals surface area (Å²) in [5.74, 6) is -0.411. The Morgan fingerprint density at radius 3 is 2.57 bits per heavy atom. The fourth-order valence-electron chi connectivity index (χ4n) is 1.89. The van der Waals surface area contributed by atoms with E-state index in [1.165, 1.54) is 12.1 Å². The molecule has 110 valence electrons. The molecule has 0 radical (unpaired) electrons. The molecule has 3 nitrogen and oxygen atoms in total. The van der Waals surface area contributed by atoms with Crippen molar-refractivity contribution >= 4 is 22.4 Å². The molecule has 0 spiro atoms. The van der Waals surface area contributed by atoms with Crippen molar-refractivity contribution in [3.63, 3.8) is 0 Å². The van der Waals surface area contributed by atoms with Crippen LogP contribution in [0.25, 0.3) is 0 Å². The van der Waals surface area contributed by atoms with Gasteiger partial charge in [-0.25, -0.2) is 4.39 Å². The van der Waals surface area contributed by atoms with Crippen LogP contribution in [0.2, 0.25) is 0 Å². The predicted octanol–water partition coefficient (Wildman–Crippen LogP) is 3.13. The molecule has 0 saturated carbocycles. The second kappa shape index (κ2) is 7.13. The van der Waals surface area contributed by atoms with E-state index in [9.17, 15) is 13.4 Å². The molecule has 0 aliphatic heterocycles. The molecule has 0 aliphatic rings. The molecular weight excluding hydrogens is 289 g/mol. The molecule has 0 aromatic heterocycles. The standard InChI is InChI=1S/C16H16FNO2S/c1-21(20)15-4-2-3-14(11-15)18-16(19)10-7-12-5-8-13(17)9-6-12/h2-6,8-9,11H,7,10H2,1H3,(H,18,19)/t21-/m0/s1. The largest absolute Gasteiger partial charge is 0.326 e. The number of hydrogen-bond donors (Lipinski definition) is 1.